The molecule has 0 fully saturated rings. The Hall–Kier alpha value is -3.40. The van der Waals surface area contributed by atoms with Crippen molar-refractivity contribution >= 4 is 17.5 Å². The van der Waals surface area contributed by atoms with Crippen LogP contribution in [0.2, 0.25) is 0 Å². The SMILES string of the molecule is CC(C)CNC(=O)c1ccccc1NC(=O)c1ccccc1CCc1ccccc1. The molecule has 0 saturated carbocycles. The van der Waals surface area contributed by atoms with E-state index in [0.29, 0.717) is 29.3 Å². The first-order valence-corrected chi connectivity index (χ1v) is 10.3. The van der Waals surface area contributed by atoms with Gasteiger partial charge >= 0.3 is 0 Å². The maximum Gasteiger partial charge on any atom is 0.255 e. The molecule has 2 amide bonds. The minimum atomic E-state index is -0.206. The lowest BCUT2D eigenvalue weighted by atomic mass is 9.99. The molecule has 0 aliphatic carbocycles. The predicted molar refractivity (Wildman–Crippen MR) is 122 cm³/mol. The van der Waals surface area contributed by atoms with Crippen LogP contribution >= 0.6 is 0 Å². The van der Waals surface area contributed by atoms with Gasteiger partial charge in [0.15, 0.2) is 0 Å². The summed E-state index contributed by atoms with van der Waals surface area (Å²) in [6, 6.07) is 25.0. The van der Waals surface area contributed by atoms with E-state index in [0.717, 1.165) is 18.4 Å². The van der Waals surface area contributed by atoms with Crippen molar-refractivity contribution in [2.75, 3.05) is 11.9 Å². The number of rotatable bonds is 8. The Labute approximate surface area is 178 Å². The molecule has 0 heterocycles. The molecule has 3 aromatic rings. The second-order valence-electron chi connectivity index (χ2n) is 7.75. The quantitative estimate of drug-likeness (QED) is 0.552. The van der Waals surface area contributed by atoms with E-state index in [9.17, 15) is 9.59 Å². The van der Waals surface area contributed by atoms with Crippen LogP contribution < -0.4 is 10.6 Å². The first-order valence-electron chi connectivity index (χ1n) is 10.3. The summed E-state index contributed by atoms with van der Waals surface area (Å²) in [6.45, 7) is 4.67. The Morgan fingerprint density at radius 3 is 2.10 bits per heavy atom. The summed E-state index contributed by atoms with van der Waals surface area (Å²) < 4.78 is 0. The molecule has 0 radical (unpaired) electrons. The number of anilines is 1. The van der Waals surface area contributed by atoms with E-state index in [2.05, 4.69) is 22.8 Å². The summed E-state index contributed by atoms with van der Waals surface area (Å²) >= 11 is 0. The third kappa shape index (κ3) is 5.80. The standard InChI is InChI=1S/C26H28N2O2/c1-19(2)18-27-25(29)23-14-8-9-15-24(23)28-26(30)22-13-7-6-12-21(22)17-16-20-10-4-3-5-11-20/h3-15,19H,16-18H2,1-2H3,(H,27,29)(H,28,30). The zero-order valence-corrected chi connectivity index (χ0v) is 17.5. The second kappa shape index (κ2) is 10.4. The number of aryl methyl sites for hydroxylation is 2. The first kappa shape index (κ1) is 21.3. The molecule has 0 saturated heterocycles. The van der Waals surface area contributed by atoms with Crippen molar-refractivity contribution in [2.24, 2.45) is 5.92 Å². The van der Waals surface area contributed by atoms with Crippen LogP contribution in [0.1, 0.15) is 45.7 Å². The van der Waals surface area contributed by atoms with E-state index < -0.39 is 0 Å². The van der Waals surface area contributed by atoms with Gasteiger partial charge in [0.25, 0.3) is 11.8 Å². The predicted octanol–water partition coefficient (Wildman–Crippen LogP) is 5.11. The largest absolute Gasteiger partial charge is 0.352 e. The number of hydrogen-bond donors (Lipinski definition) is 2. The van der Waals surface area contributed by atoms with Crippen molar-refractivity contribution in [1.29, 1.82) is 0 Å². The summed E-state index contributed by atoms with van der Waals surface area (Å²) in [5, 5.41) is 5.85. The summed E-state index contributed by atoms with van der Waals surface area (Å²) in [4.78, 5) is 25.6. The minimum Gasteiger partial charge on any atom is -0.352 e. The van der Waals surface area contributed by atoms with Gasteiger partial charge in [0.2, 0.25) is 0 Å². The molecule has 154 valence electrons. The highest BCUT2D eigenvalue weighted by Crippen LogP contribution is 2.19. The van der Waals surface area contributed by atoms with E-state index in [4.69, 9.17) is 0 Å². The van der Waals surface area contributed by atoms with Gasteiger partial charge in [0.1, 0.15) is 0 Å². The molecule has 0 atom stereocenters. The molecule has 4 heteroatoms. The van der Waals surface area contributed by atoms with Crippen LogP contribution in [0, 0.1) is 5.92 Å². The van der Waals surface area contributed by atoms with Gasteiger partial charge in [-0.1, -0.05) is 74.5 Å². The fourth-order valence-electron chi connectivity index (χ4n) is 3.26. The van der Waals surface area contributed by atoms with E-state index in [1.54, 1.807) is 18.2 Å². The second-order valence-corrected chi connectivity index (χ2v) is 7.75. The molecule has 0 bridgehead atoms. The van der Waals surface area contributed by atoms with E-state index in [1.165, 1.54) is 5.56 Å². The van der Waals surface area contributed by atoms with Gasteiger partial charge in [0, 0.05) is 12.1 Å². The molecule has 0 aliphatic heterocycles. The van der Waals surface area contributed by atoms with Crippen LogP contribution in [0.15, 0.2) is 78.9 Å². The number of benzene rings is 3. The Bertz CT molecular complexity index is 997. The number of carbonyl (C=O) groups is 2. The van der Waals surface area contributed by atoms with Gasteiger partial charge in [0.05, 0.1) is 11.3 Å². The van der Waals surface area contributed by atoms with Crippen molar-refractivity contribution in [3.8, 4) is 0 Å². The average molecular weight is 401 g/mol. The molecule has 30 heavy (non-hydrogen) atoms. The third-order valence-corrected chi connectivity index (χ3v) is 4.88. The van der Waals surface area contributed by atoms with Crippen LogP contribution in [0.4, 0.5) is 5.69 Å². The Balaban J connectivity index is 1.75. The molecular weight excluding hydrogens is 372 g/mol. The lowest BCUT2D eigenvalue weighted by Gasteiger charge is -2.14. The zero-order valence-electron chi connectivity index (χ0n) is 17.5. The minimum absolute atomic E-state index is 0.183. The van der Waals surface area contributed by atoms with Crippen molar-refractivity contribution < 1.29 is 9.59 Å². The van der Waals surface area contributed by atoms with Crippen LogP contribution in [0.5, 0.6) is 0 Å². The normalized spacial score (nSPS) is 10.6. The fourth-order valence-corrected chi connectivity index (χ4v) is 3.26. The number of nitrogens with one attached hydrogen (secondary N) is 2. The number of carbonyl (C=O) groups excluding carboxylic acids is 2. The molecular formula is C26H28N2O2. The lowest BCUT2D eigenvalue weighted by Crippen LogP contribution is -2.28. The van der Waals surface area contributed by atoms with Gasteiger partial charge in [-0.25, -0.2) is 0 Å². The highest BCUT2D eigenvalue weighted by molar-refractivity contribution is 6.09. The average Bonchev–Trinajstić information content (AvgIpc) is 2.77. The van der Waals surface area contributed by atoms with Gasteiger partial charge < -0.3 is 10.6 Å². The maximum absolute atomic E-state index is 13.0. The van der Waals surface area contributed by atoms with Crippen molar-refractivity contribution in [2.45, 2.75) is 26.7 Å². The molecule has 0 unspecified atom stereocenters. The fraction of sp³-hybridized carbons (Fsp3) is 0.231. The first-order chi connectivity index (χ1) is 14.5. The smallest absolute Gasteiger partial charge is 0.255 e. The maximum atomic E-state index is 13.0. The van der Waals surface area contributed by atoms with Crippen LogP contribution in [-0.4, -0.2) is 18.4 Å². The zero-order chi connectivity index (χ0) is 21.3. The van der Waals surface area contributed by atoms with Crippen molar-refractivity contribution in [3.05, 3.63) is 101 Å². The molecule has 0 aromatic heterocycles. The number of amides is 2. The monoisotopic (exact) mass is 400 g/mol. The van der Waals surface area contributed by atoms with Crippen molar-refractivity contribution in [1.82, 2.24) is 5.32 Å². The Kier molecular flexibility index (Phi) is 7.39. The summed E-state index contributed by atoms with van der Waals surface area (Å²) in [6.07, 6.45) is 1.63. The lowest BCUT2D eigenvalue weighted by molar-refractivity contribution is 0.0950. The molecule has 0 aliphatic rings. The Morgan fingerprint density at radius 2 is 1.37 bits per heavy atom. The van der Waals surface area contributed by atoms with Crippen LogP contribution in [0.3, 0.4) is 0 Å². The van der Waals surface area contributed by atoms with E-state index in [-0.39, 0.29) is 11.8 Å². The molecule has 4 nitrogen and oxygen atoms in total. The molecule has 0 spiro atoms. The summed E-state index contributed by atoms with van der Waals surface area (Å²) in [7, 11) is 0. The number of hydrogen-bond acceptors (Lipinski definition) is 2. The van der Waals surface area contributed by atoms with Gasteiger partial charge in [-0.3, -0.25) is 9.59 Å². The molecule has 3 aromatic carbocycles. The summed E-state index contributed by atoms with van der Waals surface area (Å²) in [5.41, 5.74) is 3.83. The van der Waals surface area contributed by atoms with E-state index in [1.807, 2.05) is 62.4 Å². The summed E-state index contributed by atoms with van der Waals surface area (Å²) in [5.74, 6) is -0.0353. The number of para-hydroxylation sites is 1. The molecule has 2 N–H and O–H groups in total. The van der Waals surface area contributed by atoms with Gasteiger partial charge in [-0.05, 0) is 48.1 Å². The highest BCUT2D eigenvalue weighted by Gasteiger charge is 2.16. The van der Waals surface area contributed by atoms with Crippen molar-refractivity contribution in [3.63, 3.8) is 0 Å². The van der Waals surface area contributed by atoms with Gasteiger partial charge in [-0.2, -0.15) is 0 Å². The van der Waals surface area contributed by atoms with Gasteiger partial charge in [-0.15, -0.1) is 0 Å². The van der Waals surface area contributed by atoms with Crippen LogP contribution in [-0.2, 0) is 12.8 Å². The topological polar surface area (TPSA) is 58.2 Å². The van der Waals surface area contributed by atoms with E-state index >= 15 is 0 Å². The van der Waals surface area contributed by atoms with Crippen LogP contribution in [0.25, 0.3) is 0 Å². The molecule has 3 rings (SSSR count). The highest BCUT2D eigenvalue weighted by atomic mass is 16.2. The Morgan fingerprint density at radius 1 is 0.733 bits per heavy atom. The third-order valence-electron chi connectivity index (χ3n) is 4.88.